The van der Waals surface area contributed by atoms with Crippen LogP contribution in [-0.2, 0) is 16.1 Å². The molecule has 21 heavy (non-hydrogen) atoms. The van der Waals surface area contributed by atoms with Crippen LogP contribution in [0.1, 0.15) is 49.9 Å². The predicted molar refractivity (Wildman–Crippen MR) is 76.4 cm³/mol. The van der Waals surface area contributed by atoms with E-state index in [2.05, 4.69) is 15.6 Å². The lowest BCUT2D eigenvalue weighted by Crippen LogP contribution is -2.34. The maximum absolute atomic E-state index is 12.1. The molecule has 0 radical (unpaired) electrons. The van der Waals surface area contributed by atoms with Gasteiger partial charge in [-0.1, -0.05) is 19.1 Å². The van der Waals surface area contributed by atoms with Gasteiger partial charge in [-0.05, 0) is 19.8 Å². The Morgan fingerprint density at radius 1 is 1.38 bits per heavy atom. The monoisotopic (exact) mass is 297 g/mol. The summed E-state index contributed by atoms with van der Waals surface area (Å²) in [6.07, 6.45) is 0. The first kappa shape index (κ1) is 17.1. The highest BCUT2D eigenvalue weighted by molar-refractivity contribution is 5.88. The van der Waals surface area contributed by atoms with Crippen LogP contribution in [0.2, 0.25) is 0 Å². The van der Waals surface area contributed by atoms with E-state index in [0.29, 0.717) is 18.2 Å². The molecule has 0 aliphatic heterocycles. The molecule has 0 aliphatic carbocycles. The van der Waals surface area contributed by atoms with Crippen molar-refractivity contribution in [2.24, 2.45) is 11.7 Å². The second kappa shape index (κ2) is 7.72. The number of nitrogens with zero attached hydrogens (tertiary/aromatic N) is 3. The fourth-order valence-corrected chi connectivity index (χ4v) is 1.74. The van der Waals surface area contributed by atoms with Gasteiger partial charge in [-0.25, -0.2) is 9.48 Å². The van der Waals surface area contributed by atoms with Crippen LogP contribution >= 0.6 is 0 Å². The number of carbonyl (C=O) groups excluding carboxylic acids is 2. The van der Waals surface area contributed by atoms with Gasteiger partial charge in [-0.2, -0.15) is 0 Å². The molecule has 1 rings (SSSR count). The third kappa shape index (κ3) is 4.25. The summed E-state index contributed by atoms with van der Waals surface area (Å²) in [4.78, 5) is 23.8. The Morgan fingerprint density at radius 3 is 2.57 bits per heavy atom. The molecule has 3 N–H and O–H groups in total. The van der Waals surface area contributed by atoms with E-state index in [1.54, 1.807) is 13.8 Å². The summed E-state index contributed by atoms with van der Waals surface area (Å²) in [5.41, 5.74) is 6.10. The van der Waals surface area contributed by atoms with E-state index in [9.17, 15) is 9.59 Å². The number of aromatic nitrogens is 3. The Balaban J connectivity index is 2.92. The molecule has 0 bridgehead atoms. The Labute approximate surface area is 124 Å². The van der Waals surface area contributed by atoms with Crippen molar-refractivity contribution in [1.82, 2.24) is 20.3 Å². The summed E-state index contributed by atoms with van der Waals surface area (Å²) in [6, 6.07) is -0.599. The number of hydrogen-bond acceptors (Lipinski definition) is 6. The summed E-state index contributed by atoms with van der Waals surface area (Å²) in [5, 5.41) is 10.5. The largest absolute Gasteiger partial charge is 0.461 e. The molecule has 1 aromatic rings. The third-order valence-corrected chi connectivity index (χ3v) is 2.88. The minimum Gasteiger partial charge on any atom is -0.461 e. The SMILES string of the molecule is CCOC(=O)c1nnn(C(C)C(=O)NCC(C)C)c1CN. The minimum absolute atomic E-state index is 0.0446. The van der Waals surface area contributed by atoms with Gasteiger partial charge >= 0.3 is 5.97 Å². The molecule has 1 amide bonds. The molecule has 1 atom stereocenters. The van der Waals surface area contributed by atoms with Crippen molar-refractivity contribution in [3.05, 3.63) is 11.4 Å². The second-order valence-electron chi connectivity index (χ2n) is 5.07. The van der Waals surface area contributed by atoms with E-state index < -0.39 is 12.0 Å². The average molecular weight is 297 g/mol. The first-order chi connectivity index (χ1) is 9.92. The Bertz CT molecular complexity index is 498. The smallest absolute Gasteiger partial charge is 0.360 e. The summed E-state index contributed by atoms with van der Waals surface area (Å²) in [5.74, 6) is -0.432. The maximum Gasteiger partial charge on any atom is 0.360 e. The standard InChI is InChI=1S/C13H23N5O3/c1-5-21-13(20)11-10(6-14)18(17-16-11)9(4)12(19)15-7-8(2)3/h8-9H,5-7,14H2,1-4H3,(H,15,19). The van der Waals surface area contributed by atoms with Gasteiger partial charge in [-0.3, -0.25) is 4.79 Å². The lowest BCUT2D eigenvalue weighted by atomic mass is 10.2. The molecule has 8 heteroatoms. The van der Waals surface area contributed by atoms with Gasteiger partial charge < -0.3 is 15.8 Å². The van der Waals surface area contributed by atoms with Crippen molar-refractivity contribution < 1.29 is 14.3 Å². The molecule has 0 fully saturated rings. The molecule has 1 aromatic heterocycles. The lowest BCUT2D eigenvalue weighted by molar-refractivity contribution is -0.124. The molecule has 0 saturated heterocycles. The molecule has 0 saturated carbocycles. The summed E-state index contributed by atoms with van der Waals surface area (Å²) in [6.45, 7) is 8.24. The number of hydrogen-bond donors (Lipinski definition) is 2. The van der Waals surface area contributed by atoms with Crippen LogP contribution in [0.3, 0.4) is 0 Å². The zero-order valence-electron chi connectivity index (χ0n) is 12.9. The van der Waals surface area contributed by atoms with Crippen LogP contribution in [0.15, 0.2) is 0 Å². The number of nitrogens with two attached hydrogens (primary N) is 1. The average Bonchev–Trinajstić information content (AvgIpc) is 2.87. The third-order valence-electron chi connectivity index (χ3n) is 2.88. The van der Waals surface area contributed by atoms with Crippen molar-refractivity contribution in [2.45, 2.75) is 40.3 Å². The fourth-order valence-electron chi connectivity index (χ4n) is 1.74. The van der Waals surface area contributed by atoms with E-state index in [0.717, 1.165) is 0 Å². The molecule has 0 aromatic carbocycles. The van der Waals surface area contributed by atoms with Crippen LogP contribution in [0.5, 0.6) is 0 Å². The van der Waals surface area contributed by atoms with Crippen molar-refractivity contribution in [3.8, 4) is 0 Å². The van der Waals surface area contributed by atoms with Crippen LogP contribution in [-0.4, -0.2) is 40.0 Å². The highest BCUT2D eigenvalue weighted by Crippen LogP contribution is 2.13. The zero-order valence-corrected chi connectivity index (χ0v) is 12.9. The van der Waals surface area contributed by atoms with E-state index in [-0.39, 0.29) is 24.8 Å². The molecular weight excluding hydrogens is 274 g/mol. The number of esters is 1. The Kier molecular flexibility index (Phi) is 6.29. The van der Waals surface area contributed by atoms with Gasteiger partial charge in [0.2, 0.25) is 5.91 Å². The van der Waals surface area contributed by atoms with Crippen molar-refractivity contribution in [2.75, 3.05) is 13.2 Å². The highest BCUT2D eigenvalue weighted by Gasteiger charge is 2.25. The molecule has 1 unspecified atom stereocenters. The van der Waals surface area contributed by atoms with Crippen LogP contribution in [0.25, 0.3) is 0 Å². The number of carbonyl (C=O) groups is 2. The number of amides is 1. The van der Waals surface area contributed by atoms with Crippen LogP contribution < -0.4 is 11.1 Å². The first-order valence-electron chi connectivity index (χ1n) is 7.01. The number of ether oxygens (including phenoxy) is 1. The molecule has 0 spiro atoms. The number of rotatable bonds is 7. The molecule has 8 nitrogen and oxygen atoms in total. The molecule has 0 aliphatic rings. The summed E-state index contributed by atoms with van der Waals surface area (Å²) >= 11 is 0. The zero-order chi connectivity index (χ0) is 16.0. The van der Waals surface area contributed by atoms with E-state index in [1.165, 1.54) is 4.68 Å². The normalized spacial score (nSPS) is 12.3. The predicted octanol–water partition coefficient (Wildman–Crippen LogP) is 0.247. The molecular formula is C13H23N5O3. The van der Waals surface area contributed by atoms with Crippen molar-refractivity contribution in [3.63, 3.8) is 0 Å². The summed E-state index contributed by atoms with van der Waals surface area (Å²) in [7, 11) is 0. The van der Waals surface area contributed by atoms with Crippen molar-refractivity contribution >= 4 is 11.9 Å². The topological polar surface area (TPSA) is 112 Å². The van der Waals surface area contributed by atoms with Crippen LogP contribution in [0.4, 0.5) is 0 Å². The minimum atomic E-state index is -0.599. The van der Waals surface area contributed by atoms with Gasteiger partial charge in [0.05, 0.1) is 12.3 Å². The van der Waals surface area contributed by atoms with Gasteiger partial charge in [0.1, 0.15) is 6.04 Å². The molecule has 118 valence electrons. The van der Waals surface area contributed by atoms with Gasteiger partial charge in [-0.15, -0.1) is 5.10 Å². The molecule has 1 heterocycles. The van der Waals surface area contributed by atoms with Crippen LogP contribution in [0, 0.1) is 5.92 Å². The maximum atomic E-state index is 12.1. The fraction of sp³-hybridized carbons (Fsp3) is 0.692. The van der Waals surface area contributed by atoms with E-state index >= 15 is 0 Å². The Hall–Kier alpha value is -1.96. The summed E-state index contributed by atoms with van der Waals surface area (Å²) < 4.78 is 6.26. The van der Waals surface area contributed by atoms with Crippen molar-refractivity contribution in [1.29, 1.82) is 0 Å². The quantitative estimate of drug-likeness (QED) is 0.697. The second-order valence-corrected chi connectivity index (χ2v) is 5.07. The van der Waals surface area contributed by atoms with Gasteiger partial charge in [0, 0.05) is 13.1 Å². The lowest BCUT2D eigenvalue weighted by Gasteiger charge is -2.15. The Morgan fingerprint density at radius 2 is 2.05 bits per heavy atom. The van der Waals surface area contributed by atoms with Gasteiger partial charge in [0.25, 0.3) is 0 Å². The van der Waals surface area contributed by atoms with E-state index in [4.69, 9.17) is 10.5 Å². The van der Waals surface area contributed by atoms with Gasteiger partial charge in [0.15, 0.2) is 5.69 Å². The first-order valence-corrected chi connectivity index (χ1v) is 7.01. The highest BCUT2D eigenvalue weighted by atomic mass is 16.5. The number of nitrogens with one attached hydrogen (secondary N) is 1. The van der Waals surface area contributed by atoms with E-state index in [1.807, 2.05) is 13.8 Å².